The minimum atomic E-state index is -4.24. The molecule has 3 atom stereocenters. The number of aryl methyl sites for hydroxylation is 5. The molecule has 0 aliphatic carbocycles. The van der Waals surface area contributed by atoms with Crippen LogP contribution < -0.4 is 60.3 Å². The number of carboxylic acid groups (broad SMARTS) is 1. The number of alkyl halides is 9. The zero-order valence-corrected chi connectivity index (χ0v) is 75.2. The third-order valence-corrected chi connectivity index (χ3v) is 22.6. The van der Waals surface area contributed by atoms with Crippen LogP contribution in [0.1, 0.15) is 140 Å². The molecule has 0 saturated carbocycles. The van der Waals surface area contributed by atoms with Crippen LogP contribution in [0.15, 0.2) is 95.7 Å². The van der Waals surface area contributed by atoms with Gasteiger partial charge in [-0.1, -0.05) is 0 Å². The molecule has 3 aliphatic heterocycles. The monoisotopic (exact) mass is 1780 g/mol. The number of methoxy groups -OCH3 is 2. The van der Waals surface area contributed by atoms with Crippen LogP contribution in [0.3, 0.4) is 0 Å². The number of halogens is 10. The van der Waals surface area contributed by atoms with Gasteiger partial charge in [-0.05, 0) is 146 Å². The quantitative estimate of drug-likeness (QED) is 0.0187. The van der Waals surface area contributed by atoms with E-state index in [2.05, 4.69) is 65.1 Å². The smallest absolute Gasteiger partial charge is 0.870 e. The largest absolute Gasteiger partial charge is 1.00 e. The molecule has 6 N–H and O–H groups in total. The summed E-state index contributed by atoms with van der Waals surface area (Å²) in [5, 5.41) is 25.2. The molecule has 3 aliphatic rings. The summed E-state index contributed by atoms with van der Waals surface area (Å²) < 4.78 is 143. The average molecular weight is 1790 g/mol. The van der Waals surface area contributed by atoms with Crippen molar-refractivity contribution in [3.05, 3.63) is 180 Å². The van der Waals surface area contributed by atoms with Gasteiger partial charge in [0.2, 0.25) is 0 Å². The van der Waals surface area contributed by atoms with Gasteiger partial charge in [0.25, 0.3) is 17.0 Å². The number of fused-ring (bicyclic) bond motifs is 3. The molecule has 672 valence electrons. The van der Waals surface area contributed by atoms with Gasteiger partial charge in [-0.15, -0.1) is 0 Å². The van der Waals surface area contributed by atoms with Crippen LogP contribution in [0, 0.1) is 34.6 Å². The molecule has 1 amide bonds. The second-order valence-corrected chi connectivity index (χ2v) is 31.3. The van der Waals surface area contributed by atoms with Gasteiger partial charge in [-0.2, -0.15) is 54.8 Å². The van der Waals surface area contributed by atoms with Crippen molar-refractivity contribution in [2.75, 3.05) is 112 Å². The number of aromatic carboxylic acids is 1. The van der Waals surface area contributed by atoms with E-state index in [-0.39, 0.29) is 108 Å². The van der Waals surface area contributed by atoms with Gasteiger partial charge < -0.3 is 53.3 Å². The van der Waals surface area contributed by atoms with E-state index in [0.29, 0.717) is 133 Å². The van der Waals surface area contributed by atoms with Gasteiger partial charge in [0, 0.05) is 194 Å². The molecule has 14 heterocycles. The molecule has 32 nitrogen and oxygen atoms in total. The number of carboxylic acids is 1. The summed E-state index contributed by atoms with van der Waals surface area (Å²) in [4.78, 5) is 94.3. The van der Waals surface area contributed by atoms with E-state index in [4.69, 9.17) is 26.0 Å². The third-order valence-electron chi connectivity index (χ3n) is 22.5. The standard InChI is InChI=1S/C29H35F3N8O3.C24H31F3N6O2.C21H25F3N6O2.C8H11ClN2O2.Na.H2O/c1-17-12-24(43-5)22(28(42)36-17)14-33-27(41)21-13-23-20(26-34-16-35-37(26)4)6-7-40(23)25(18(21)2)19(3)39-10-8-38(9-11-39)15-29(30,31)32;1-15(2)35-23(34)19-12-20-18(22-28-14-29-30(22)5)6-7-33(20)21(16(19)3)17(4)32-10-8-31(9-11-32)13-24(25,26)27;1-13-16(20(31)32)10-17-15(19-25-12-26-27(19)3)4-5-30(17)18(13)14(2)29-8-6-28(7-9-29)11-21(22,23)24;1-5-3-7(13-2)6(4-10-9)8(12)11-5;;/h6-7,12-13,16,19H,8-11,14-15H2,1-5H3,(H,33,41)(H,36,42);6-7,12,14-15,17H,8-11,13H2,1-5H3;4-5,10,12,14H,6-9,11H2,1-3H3,(H,31,32);3,10H,4H2,1-2H3,(H,11,12);;1H2/q;;;;+1;/p-1. The molecular formula is C82H103ClF9N22NaO10. The molecule has 0 spiro atoms. The molecule has 0 radical (unpaired) electrons. The fourth-order valence-electron chi connectivity index (χ4n) is 16.4. The predicted molar refractivity (Wildman–Crippen MR) is 444 cm³/mol. The Morgan fingerprint density at radius 1 is 0.496 bits per heavy atom. The summed E-state index contributed by atoms with van der Waals surface area (Å²) in [6, 6.07) is 13.9. The molecular weight excluding hydrogens is 1680 g/mol. The second kappa shape index (κ2) is 41.6. The van der Waals surface area contributed by atoms with Crippen molar-refractivity contribution in [1.82, 2.24) is 107 Å². The molecule has 125 heavy (non-hydrogen) atoms. The van der Waals surface area contributed by atoms with Gasteiger partial charge in [-0.3, -0.25) is 43.8 Å². The Labute approximate surface area is 741 Å². The Balaban J connectivity index is 0.000000198. The summed E-state index contributed by atoms with van der Waals surface area (Å²) in [5.41, 5.74) is 12.0. The summed E-state index contributed by atoms with van der Waals surface area (Å²) in [5.74, 6) is 1.01. The van der Waals surface area contributed by atoms with Crippen molar-refractivity contribution in [3.63, 3.8) is 0 Å². The molecule has 3 unspecified atom stereocenters. The molecule has 11 aromatic rings. The normalized spacial score (nSPS) is 15.5. The van der Waals surface area contributed by atoms with E-state index in [9.17, 15) is 68.6 Å². The topological polar surface area (TPSA) is 344 Å². The first kappa shape index (κ1) is 98.7. The first-order chi connectivity index (χ1) is 58.1. The van der Waals surface area contributed by atoms with Crippen LogP contribution in [0.4, 0.5) is 39.5 Å². The molecule has 0 bridgehead atoms. The Bertz CT molecular complexity index is 5710. The van der Waals surface area contributed by atoms with Crippen molar-refractivity contribution >= 4 is 46.2 Å². The number of H-pyrrole nitrogens is 2. The van der Waals surface area contributed by atoms with Crippen LogP contribution in [0.5, 0.6) is 11.5 Å². The summed E-state index contributed by atoms with van der Waals surface area (Å²) in [6.07, 6.45) is -2.83. The van der Waals surface area contributed by atoms with Crippen molar-refractivity contribution in [3.8, 4) is 45.7 Å². The number of hydrogen-bond acceptors (Lipinski definition) is 22. The number of aromatic amines is 2. The number of nitrogens with one attached hydrogen (secondary N) is 4. The van der Waals surface area contributed by atoms with Crippen molar-refractivity contribution < 1.29 is 108 Å². The fourth-order valence-corrected chi connectivity index (χ4v) is 16.5. The summed E-state index contributed by atoms with van der Waals surface area (Å²) in [6.45, 7) is 20.8. The summed E-state index contributed by atoms with van der Waals surface area (Å²) in [7, 11) is 8.34. The number of carbonyl (C=O) groups excluding carboxylic acids is 2. The van der Waals surface area contributed by atoms with Gasteiger partial charge in [0.05, 0.1) is 85.3 Å². The number of hydrogen-bond donors (Lipinski definition) is 5. The molecule has 3 saturated heterocycles. The maximum absolute atomic E-state index is 13.7. The van der Waals surface area contributed by atoms with E-state index in [1.165, 1.54) is 47.9 Å². The zero-order chi connectivity index (χ0) is 89.6. The van der Waals surface area contributed by atoms with Gasteiger partial charge >= 0.3 is 60.0 Å². The zero-order valence-electron chi connectivity index (χ0n) is 72.4. The van der Waals surface area contributed by atoms with E-state index in [1.54, 1.807) is 94.1 Å². The fraction of sp³-hybridized carbons (Fsp3) is 0.476. The van der Waals surface area contributed by atoms with E-state index < -0.39 is 50.1 Å². The third kappa shape index (κ3) is 23.2. The number of carbonyl (C=O) groups is 3. The predicted octanol–water partition coefficient (Wildman–Crippen LogP) is 7.81. The summed E-state index contributed by atoms with van der Waals surface area (Å²) >= 11 is 5.32. The number of rotatable bonds is 22. The number of pyridine rings is 5. The van der Waals surface area contributed by atoms with E-state index in [0.717, 1.165) is 61.6 Å². The van der Waals surface area contributed by atoms with Gasteiger partial charge in [0.15, 0.2) is 17.5 Å². The maximum Gasteiger partial charge on any atom is 1.00 e. The minimum absolute atomic E-state index is 0. The maximum atomic E-state index is 13.7. The number of nitrogens with zero attached hydrogens (tertiary/aromatic N) is 18. The first-order valence-electron chi connectivity index (χ1n) is 39.7. The Morgan fingerprint density at radius 3 is 1.10 bits per heavy atom. The SMILES string of the molecule is COc1cc(C)[nH]c(=O)c1CNC(=O)c1cc2c(-c3ncnn3C)ccn2c(C(C)N2CCN(CC(F)(F)F)CC2)c1C.COc1cc(C)[nH]c(=O)c1CNCl.Cc1c(C(=O)O)cc2c(-c3ncnn3C)ccn2c1C(C)N1CCN(CC(F)(F)F)CC1.Cc1c(C(=O)OC(C)C)cc2c(-c3ncnn3C)ccn2c1C(C)N1CCN(CC(F)(F)F)CC1.[Na+].[OH-]. The molecule has 3 fully saturated rings. The minimum Gasteiger partial charge on any atom is -0.870 e. The van der Waals surface area contributed by atoms with Crippen molar-refractivity contribution in [2.24, 2.45) is 21.1 Å². The number of esters is 1. The number of piperazine rings is 3. The second-order valence-electron chi connectivity index (χ2n) is 31.0. The number of ether oxygens (including phenoxy) is 3. The number of amides is 1. The first-order valence-corrected chi connectivity index (χ1v) is 40.1. The van der Waals surface area contributed by atoms with E-state index >= 15 is 0 Å². The van der Waals surface area contributed by atoms with Crippen LogP contribution in [0.25, 0.3) is 50.7 Å². The average Bonchev–Trinajstić information content (AvgIpc) is 1.64. The van der Waals surface area contributed by atoms with Crippen molar-refractivity contribution in [2.45, 2.75) is 125 Å². The number of aromatic nitrogens is 14. The Kier molecular flexibility index (Phi) is 32.9. The molecule has 43 heteroatoms. The van der Waals surface area contributed by atoms with Crippen LogP contribution >= 0.6 is 11.8 Å². The molecule has 11 aromatic heterocycles. The molecule has 14 rings (SSSR count). The molecule has 0 aromatic carbocycles. The van der Waals surface area contributed by atoms with Gasteiger partial charge in [-0.25, -0.2) is 43.4 Å². The van der Waals surface area contributed by atoms with E-state index in [1.807, 2.05) is 90.7 Å². The van der Waals surface area contributed by atoms with Crippen LogP contribution in [0.2, 0.25) is 0 Å². The van der Waals surface area contributed by atoms with Gasteiger partial charge in [0.1, 0.15) is 30.5 Å². The Hall–Kier alpha value is -10.1. The van der Waals surface area contributed by atoms with Crippen LogP contribution in [-0.4, -0.2) is 262 Å². The van der Waals surface area contributed by atoms with Crippen LogP contribution in [-0.2, 0) is 39.0 Å². The van der Waals surface area contributed by atoms with Crippen molar-refractivity contribution in [1.29, 1.82) is 0 Å². The Morgan fingerprint density at radius 2 is 0.808 bits per heavy atom.